The summed E-state index contributed by atoms with van der Waals surface area (Å²) in [4.78, 5) is 14.0. The number of fused-ring (bicyclic) bond motifs is 1. The Morgan fingerprint density at radius 3 is 2.67 bits per heavy atom. The number of carbonyl (C=O) groups is 1. The molecular weight excluding hydrogens is 288 g/mol. The lowest BCUT2D eigenvalue weighted by Gasteiger charge is -2.28. The number of hydrogen-bond acceptors (Lipinski definition) is 4. The number of amides is 1. The summed E-state index contributed by atoms with van der Waals surface area (Å²) < 4.78 is 22.6. The van der Waals surface area contributed by atoms with Crippen LogP contribution in [0.3, 0.4) is 0 Å². The lowest BCUT2D eigenvalue weighted by Crippen LogP contribution is -2.42. The molecule has 1 heterocycles. The van der Waals surface area contributed by atoms with Crippen molar-refractivity contribution in [2.24, 2.45) is 0 Å². The molecule has 1 atom stereocenters. The first-order valence-electron chi connectivity index (χ1n) is 7.13. The van der Waals surface area contributed by atoms with Gasteiger partial charge in [0.25, 0.3) is 0 Å². The Morgan fingerprint density at radius 2 is 2.00 bits per heavy atom. The van der Waals surface area contributed by atoms with Crippen LogP contribution in [-0.2, 0) is 27.6 Å². The Kier molecular flexibility index (Phi) is 5.00. The number of nitrogens with zero attached hydrogens (tertiary/aromatic N) is 1. The lowest BCUT2D eigenvalue weighted by atomic mass is 10.00. The van der Waals surface area contributed by atoms with Gasteiger partial charge in [-0.1, -0.05) is 24.3 Å². The van der Waals surface area contributed by atoms with Crippen molar-refractivity contribution in [2.45, 2.75) is 25.1 Å². The number of hydrogen-bond donors (Lipinski definition) is 1. The van der Waals surface area contributed by atoms with E-state index in [9.17, 15) is 13.2 Å². The van der Waals surface area contributed by atoms with E-state index >= 15 is 0 Å². The van der Waals surface area contributed by atoms with Gasteiger partial charge in [0.05, 0.1) is 0 Å². The van der Waals surface area contributed by atoms with Gasteiger partial charge in [-0.2, -0.15) is 0 Å². The third-order valence-corrected chi connectivity index (χ3v) is 5.45. The molecule has 1 aromatic carbocycles. The predicted octanol–water partition coefficient (Wildman–Crippen LogP) is 0.594. The first-order chi connectivity index (χ1) is 9.88. The standard InChI is InChI=1S/C15H22N2O3S/c1-12(21(2,19)20)15(18)16-8-10-17-9-7-13-5-3-4-6-14(13)11-17/h3-6,12H,7-11H2,1-2H3,(H,16,18)/t12-/m1/s1. The Labute approximate surface area is 126 Å². The minimum absolute atomic E-state index is 0.421. The summed E-state index contributed by atoms with van der Waals surface area (Å²) in [6.45, 7) is 4.47. The molecule has 21 heavy (non-hydrogen) atoms. The second-order valence-electron chi connectivity index (χ2n) is 5.56. The molecule has 1 aliphatic heterocycles. The molecule has 0 saturated heterocycles. The summed E-state index contributed by atoms with van der Waals surface area (Å²) >= 11 is 0. The van der Waals surface area contributed by atoms with Gasteiger partial charge in [0, 0.05) is 32.4 Å². The highest BCUT2D eigenvalue weighted by Gasteiger charge is 2.23. The minimum atomic E-state index is -3.32. The zero-order chi connectivity index (χ0) is 15.5. The fraction of sp³-hybridized carbons (Fsp3) is 0.533. The van der Waals surface area contributed by atoms with Gasteiger partial charge in [-0.25, -0.2) is 8.42 Å². The van der Waals surface area contributed by atoms with Crippen molar-refractivity contribution in [1.82, 2.24) is 10.2 Å². The monoisotopic (exact) mass is 310 g/mol. The van der Waals surface area contributed by atoms with E-state index in [4.69, 9.17) is 0 Å². The lowest BCUT2D eigenvalue weighted by molar-refractivity contribution is -0.120. The highest BCUT2D eigenvalue weighted by Crippen LogP contribution is 2.17. The zero-order valence-electron chi connectivity index (χ0n) is 12.5. The topological polar surface area (TPSA) is 66.5 Å². The van der Waals surface area contributed by atoms with E-state index < -0.39 is 21.0 Å². The predicted molar refractivity (Wildman–Crippen MR) is 82.7 cm³/mol. The van der Waals surface area contributed by atoms with E-state index in [1.165, 1.54) is 18.1 Å². The highest BCUT2D eigenvalue weighted by atomic mass is 32.2. The van der Waals surface area contributed by atoms with Crippen LogP contribution in [0.4, 0.5) is 0 Å². The van der Waals surface area contributed by atoms with Crippen molar-refractivity contribution >= 4 is 15.7 Å². The average molecular weight is 310 g/mol. The van der Waals surface area contributed by atoms with Gasteiger partial charge < -0.3 is 5.32 Å². The van der Waals surface area contributed by atoms with Crippen LogP contribution in [0.2, 0.25) is 0 Å². The molecule has 0 radical (unpaired) electrons. The molecule has 1 aliphatic rings. The maximum Gasteiger partial charge on any atom is 0.238 e. The van der Waals surface area contributed by atoms with E-state index in [0.29, 0.717) is 6.54 Å². The quantitative estimate of drug-likeness (QED) is 0.864. The van der Waals surface area contributed by atoms with Gasteiger partial charge in [0.15, 0.2) is 9.84 Å². The van der Waals surface area contributed by atoms with Crippen molar-refractivity contribution < 1.29 is 13.2 Å². The van der Waals surface area contributed by atoms with E-state index in [2.05, 4.69) is 28.4 Å². The molecule has 5 nitrogen and oxygen atoms in total. The SMILES string of the molecule is C[C@H](C(=O)NCCN1CCc2ccccc2C1)S(C)(=O)=O. The Morgan fingerprint density at radius 1 is 1.33 bits per heavy atom. The number of carbonyl (C=O) groups excluding carboxylic acids is 1. The van der Waals surface area contributed by atoms with E-state index in [-0.39, 0.29) is 0 Å². The first kappa shape index (κ1) is 16.0. The van der Waals surface area contributed by atoms with Crippen molar-refractivity contribution in [3.05, 3.63) is 35.4 Å². The van der Waals surface area contributed by atoms with Crippen LogP contribution < -0.4 is 5.32 Å². The molecule has 0 saturated carbocycles. The van der Waals surface area contributed by atoms with Gasteiger partial charge in [0.2, 0.25) is 5.91 Å². The molecule has 0 aliphatic carbocycles. The van der Waals surface area contributed by atoms with Crippen LogP contribution in [0.1, 0.15) is 18.1 Å². The molecule has 1 aromatic rings. The van der Waals surface area contributed by atoms with Crippen LogP contribution >= 0.6 is 0 Å². The average Bonchev–Trinajstić information content (AvgIpc) is 2.45. The van der Waals surface area contributed by atoms with Gasteiger partial charge in [-0.3, -0.25) is 9.69 Å². The normalized spacial score (nSPS) is 17.0. The molecule has 6 heteroatoms. The molecule has 0 bridgehead atoms. The minimum Gasteiger partial charge on any atom is -0.354 e. The van der Waals surface area contributed by atoms with Gasteiger partial charge >= 0.3 is 0 Å². The molecular formula is C15H22N2O3S. The van der Waals surface area contributed by atoms with Gasteiger partial charge in [-0.15, -0.1) is 0 Å². The second kappa shape index (κ2) is 6.58. The number of benzene rings is 1. The largest absolute Gasteiger partial charge is 0.354 e. The van der Waals surface area contributed by atoms with Gasteiger partial charge in [0.1, 0.15) is 5.25 Å². The third kappa shape index (κ3) is 4.28. The number of sulfone groups is 1. The summed E-state index contributed by atoms with van der Waals surface area (Å²) in [5, 5.41) is 1.71. The molecule has 0 spiro atoms. The maximum atomic E-state index is 11.7. The number of nitrogens with one attached hydrogen (secondary N) is 1. The van der Waals surface area contributed by atoms with Crippen molar-refractivity contribution in [3.8, 4) is 0 Å². The highest BCUT2D eigenvalue weighted by molar-refractivity contribution is 7.92. The molecule has 2 rings (SSSR count). The van der Waals surface area contributed by atoms with E-state index in [1.54, 1.807) is 0 Å². The fourth-order valence-corrected chi connectivity index (χ4v) is 2.89. The Hall–Kier alpha value is -1.40. The summed E-state index contributed by atoms with van der Waals surface area (Å²) in [6.07, 6.45) is 2.10. The van der Waals surface area contributed by atoms with Crippen molar-refractivity contribution in [2.75, 3.05) is 25.9 Å². The summed E-state index contributed by atoms with van der Waals surface area (Å²) in [5.41, 5.74) is 2.73. The van der Waals surface area contributed by atoms with Crippen molar-refractivity contribution in [1.29, 1.82) is 0 Å². The van der Waals surface area contributed by atoms with Gasteiger partial charge in [-0.05, 0) is 24.5 Å². The molecule has 1 N–H and O–H groups in total. The van der Waals surface area contributed by atoms with Crippen LogP contribution in [0.5, 0.6) is 0 Å². The van der Waals surface area contributed by atoms with E-state index in [1.807, 2.05) is 6.07 Å². The van der Waals surface area contributed by atoms with Crippen LogP contribution in [0, 0.1) is 0 Å². The Balaban J connectivity index is 1.79. The molecule has 0 aromatic heterocycles. The maximum absolute atomic E-state index is 11.7. The number of rotatable bonds is 5. The van der Waals surface area contributed by atoms with Crippen molar-refractivity contribution in [3.63, 3.8) is 0 Å². The Bertz CT molecular complexity index is 613. The van der Waals surface area contributed by atoms with Crippen LogP contribution in [0.25, 0.3) is 0 Å². The zero-order valence-corrected chi connectivity index (χ0v) is 13.3. The third-order valence-electron chi connectivity index (χ3n) is 3.95. The summed E-state index contributed by atoms with van der Waals surface area (Å²) in [5.74, 6) is -0.421. The molecule has 1 amide bonds. The molecule has 116 valence electrons. The summed E-state index contributed by atoms with van der Waals surface area (Å²) in [7, 11) is -3.32. The smallest absolute Gasteiger partial charge is 0.238 e. The molecule has 0 unspecified atom stereocenters. The fourth-order valence-electron chi connectivity index (χ4n) is 2.42. The molecule has 0 fully saturated rings. The van der Waals surface area contributed by atoms with E-state index in [0.717, 1.165) is 32.3 Å². The van der Waals surface area contributed by atoms with Crippen LogP contribution in [0.15, 0.2) is 24.3 Å². The van der Waals surface area contributed by atoms with Crippen LogP contribution in [-0.4, -0.2) is 50.4 Å². The summed E-state index contributed by atoms with van der Waals surface area (Å²) in [6, 6.07) is 8.38. The first-order valence-corrected chi connectivity index (χ1v) is 9.09. The second-order valence-corrected chi connectivity index (χ2v) is 7.92.